The summed E-state index contributed by atoms with van der Waals surface area (Å²) in [5.41, 5.74) is 6.30. The van der Waals surface area contributed by atoms with Crippen LogP contribution in [0.1, 0.15) is 50.7 Å². The van der Waals surface area contributed by atoms with E-state index in [-0.39, 0.29) is 0 Å². The minimum atomic E-state index is -0.765. The van der Waals surface area contributed by atoms with Crippen LogP contribution in [0.4, 0.5) is 4.79 Å². The van der Waals surface area contributed by atoms with Gasteiger partial charge in [0, 0.05) is 21.9 Å². The Kier molecular flexibility index (Phi) is 9.03. The molecule has 0 aromatic heterocycles. The van der Waals surface area contributed by atoms with Crippen LogP contribution in [0.15, 0.2) is 121 Å². The predicted octanol–water partition coefficient (Wildman–Crippen LogP) is 11.6. The third-order valence-corrected chi connectivity index (χ3v) is 8.30. The molecule has 0 bridgehead atoms. The molecule has 220 valence electrons. The number of hydrogen-bond acceptors (Lipinski definition) is 3. The SMILES string of the molecule is CCCCc1ccc(-c2ccc3ccccc3c2OC(=O)Oc2c(-c3ccc(CCCC)cc3)ccc3ccccc23)cc1. The van der Waals surface area contributed by atoms with E-state index < -0.39 is 6.16 Å². The van der Waals surface area contributed by atoms with Gasteiger partial charge in [0.2, 0.25) is 0 Å². The first-order chi connectivity index (χ1) is 21.6. The van der Waals surface area contributed by atoms with Crippen LogP contribution < -0.4 is 9.47 Å². The van der Waals surface area contributed by atoms with Crippen molar-refractivity contribution in [2.24, 2.45) is 0 Å². The maximum Gasteiger partial charge on any atom is 0.519 e. The second kappa shape index (κ2) is 13.6. The minimum absolute atomic E-state index is 0.497. The molecule has 0 saturated heterocycles. The van der Waals surface area contributed by atoms with Crippen molar-refractivity contribution >= 4 is 27.7 Å². The lowest BCUT2D eigenvalue weighted by molar-refractivity contribution is 0.153. The molecule has 0 radical (unpaired) electrons. The first kappa shape index (κ1) is 29.2. The minimum Gasteiger partial charge on any atom is -0.393 e. The zero-order valence-corrected chi connectivity index (χ0v) is 25.5. The Balaban J connectivity index is 1.36. The molecule has 0 saturated carbocycles. The Labute approximate surface area is 260 Å². The van der Waals surface area contributed by atoms with Crippen LogP contribution in [0.2, 0.25) is 0 Å². The van der Waals surface area contributed by atoms with Crippen molar-refractivity contribution in [2.75, 3.05) is 0 Å². The number of carbonyl (C=O) groups is 1. The van der Waals surface area contributed by atoms with Gasteiger partial charge in [0.05, 0.1) is 0 Å². The molecule has 0 fully saturated rings. The largest absolute Gasteiger partial charge is 0.519 e. The van der Waals surface area contributed by atoms with Crippen LogP contribution in [-0.2, 0) is 12.8 Å². The molecule has 0 aliphatic carbocycles. The van der Waals surface area contributed by atoms with Crippen LogP contribution in [0.3, 0.4) is 0 Å². The highest BCUT2D eigenvalue weighted by atomic mass is 16.7. The van der Waals surface area contributed by atoms with Gasteiger partial charge in [-0.05, 0) is 70.8 Å². The van der Waals surface area contributed by atoms with E-state index in [0.29, 0.717) is 11.5 Å². The number of aryl methyl sites for hydroxylation is 2. The summed E-state index contributed by atoms with van der Waals surface area (Å²) in [7, 11) is 0. The third-order valence-electron chi connectivity index (χ3n) is 8.30. The summed E-state index contributed by atoms with van der Waals surface area (Å²) in [5, 5.41) is 3.70. The summed E-state index contributed by atoms with van der Waals surface area (Å²) < 4.78 is 12.3. The Morgan fingerprint density at radius 2 is 0.909 bits per heavy atom. The van der Waals surface area contributed by atoms with Crippen molar-refractivity contribution in [1.82, 2.24) is 0 Å². The summed E-state index contributed by atoms with van der Waals surface area (Å²) in [5.74, 6) is 0.993. The Morgan fingerprint density at radius 3 is 1.32 bits per heavy atom. The van der Waals surface area contributed by atoms with Gasteiger partial charge in [0.15, 0.2) is 0 Å². The summed E-state index contributed by atoms with van der Waals surface area (Å²) >= 11 is 0. The van der Waals surface area contributed by atoms with E-state index in [1.165, 1.54) is 11.1 Å². The van der Waals surface area contributed by atoms with Crippen LogP contribution in [-0.4, -0.2) is 6.16 Å². The van der Waals surface area contributed by atoms with Crippen LogP contribution in [0.5, 0.6) is 11.5 Å². The number of unbranched alkanes of at least 4 members (excludes halogenated alkanes) is 2. The van der Waals surface area contributed by atoms with E-state index >= 15 is 0 Å². The lowest BCUT2D eigenvalue weighted by Gasteiger charge is -2.16. The van der Waals surface area contributed by atoms with Crippen molar-refractivity contribution in [1.29, 1.82) is 0 Å². The molecular weight excluding hydrogens is 540 g/mol. The first-order valence-electron chi connectivity index (χ1n) is 15.8. The van der Waals surface area contributed by atoms with Gasteiger partial charge in [-0.1, -0.05) is 136 Å². The van der Waals surface area contributed by atoms with E-state index in [4.69, 9.17) is 9.47 Å². The molecule has 6 aromatic carbocycles. The normalized spacial score (nSPS) is 11.1. The molecule has 6 rings (SSSR count). The topological polar surface area (TPSA) is 35.5 Å². The lowest BCUT2D eigenvalue weighted by atomic mass is 9.97. The first-order valence-corrected chi connectivity index (χ1v) is 15.8. The Bertz CT molecular complexity index is 1750. The zero-order valence-electron chi connectivity index (χ0n) is 25.5. The molecule has 0 amide bonds. The molecular formula is C41H38O3. The molecule has 6 aromatic rings. The van der Waals surface area contributed by atoms with Gasteiger partial charge in [-0.3, -0.25) is 0 Å². The number of ether oxygens (including phenoxy) is 2. The average Bonchev–Trinajstić information content (AvgIpc) is 3.07. The highest BCUT2D eigenvalue weighted by molar-refractivity contribution is 5.99. The fraction of sp³-hybridized carbons (Fsp3) is 0.195. The second-order valence-electron chi connectivity index (χ2n) is 11.4. The predicted molar refractivity (Wildman–Crippen MR) is 183 cm³/mol. The fourth-order valence-electron chi connectivity index (χ4n) is 5.81. The molecule has 3 heteroatoms. The quantitative estimate of drug-likeness (QED) is 0.120. The van der Waals surface area contributed by atoms with Crippen LogP contribution in [0, 0.1) is 0 Å². The standard InChI is InChI=1S/C41H38O3/c1-3-5-11-29-17-21-33(22-18-29)37-27-25-31-13-7-9-15-35(31)39(37)43-41(42)44-40-36-16-10-8-14-32(36)26-28-38(40)34-23-19-30(20-24-34)12-6-4-2/h7-10,13-28H,3-6,11-12H2,1-2H3. The van der Waals surface area contributed by atoms with E-state index in [2.05, 4.69) is 74.5 Å². The Morgan fingerprint density at radius 1 is 0.500 bits per heavy atom. The van der Waals surface area contributed by atoms with E-state index in [1.54, 1.807) is 0 Å². The highest BCUT2D eigenvalue weighted by Crippen LogP contribution is 2.40. The van der Waals surface area contributed by atoms with Gasteiger partial charge >= 0.3 is 6.16 Å². The number of hydrogen-bond donors (Lipinski definition) is 0. The molecule has 0 aliphatic rings. The van der Waals surface area contributed by atoms with Crippen molar-refractivity contribution < 1.29 is 14.3 Å². The molecule has 0 atom stereocenters. The number of benzene rings is 6. The van der Waals surface area contributed by atoms with Gasteiger partial charge < -0.3 is 9.47 Å². The summed E-state index contributed by atoms with van der Waals surface area (Å²) in [6.45, 7) is 4.41. The molecule has 0 spiro atoms. The van der Waals surface area contributed by atoms with E-state index in [9.17, 15) is 4.79 Å². The lowest BCUT2D eigenvalue weighted by Crippen LogP contribution is -2.15. The number of carbonyl (C=O) groups excluding carboxylic acids is 1. The fourth-order valence-corrected chi connectivity index (χ4v) is 5.81. The Hall–Kier alpha value is -4.89. The molecule has 3 nitrogen and oxygen atoms in total. The van der Waals surface area contributed by atoms with E-state index in [1.807, 2.05) is 60.7 Å². The number of fused-ring (bicyclic) bond motifs is 2. The number of rotatable bonds is 10. The van der Waals surface area contributed by atoms with Gasteiger partial charge in [0.1, 0.15) is 11.5 Å². The van der Waals surface area contributed by atoms with Crippen LogP contribution in [0.25, 0.3) is 43.8 Å². The smallest absolute Gasteiger partial charge is 0.393 e. The van der Waals surface area contributed by atoms with Crippen molar-refractivity contribution in [2.45, 2.75) is 52.4 Å². The maximum atomic E-state index is 13.7. The summed E-state index contributed by atoms with van der Waals surface area (Å²) in [6, 6.07) is 41.2. The third kappa shape index (κ3) is 6.38. The zero-order chi connectivity index (χ0) is 30.3. The van der Waals surface area contributed by atoms with Gasteiger partial charge in [-0.15, -0.1) is 0 Å². The average molecular weight is 579 g/mol. The summed E-state index contributed by atoms with van der Waals surface area (Å²) in [6.07, 6.45) is 5.99. The van der Waals surface area contributed by atoms with E-state index in [0.717, 1.165) is 82.3 Å². The van der Waals surface area contributed by atoms with Crippen molar-refractivity contribution in [3.63, 3.8) is 0 Å². The highest BCUT2D eigenvalue weighted by Gasteiger charge is 2.20. The molecule has 44 heavy (non-hydrogen) atoms. The van der Waals surface area contributed by atoms with Gasteiger partial charge in [-0.25, -0.2) is 4.79 Å². The van der Waals surface area contributed by atoms with Gasteiger partial charge in [-0.2, -0.15) is 0 Å². The molecule has 0 unspecified atom stereocenters. The molecule has 0 N–H and O–H groups in total. The second-order valence-corrected chi connectivity index (χ2v) is 11.4. The monoisotopic (exact) mass is 578 g/mol. The summed E-state index contributed by atoms with van der Waals surface area (Å²) in [4.78, 5) is 13.7. The van der Waals surface area contributed by atoms with Crippen LogP contribution >= 0.6 is 0 Å². The van der Waals surface area contributed by atoms with Crippen molar-refractivity contribution in [3.05, 3.63) is 132 Å². The molecule has 0 aliphatic heterocycles. The molecule has 0 heterocycles. The van der Waals surface area contributed by atoms with Crippen molar-refractivity contribution in [3.8, 4) is 33.8 Å². The maximum absolute atomic E-state index is 13.7. The van der Waals surface area contributed by atoms with Gasteiger partial charge in [0.25, 0.3) is 0 Å².